The number of aromatic hydroxyl groups is 1. The van der Waals surface area contributed by atoms with Crippen LogP contribution in [0.4, 0.5) is 5.69 Å². The highest BCUT2D eigenvalue weighted by Crippen LogP contribution is 2.15. The summed E-state index contributed by atoms with van der Waals surface area (Å²) in [4.78, 5) is 0. The maximum absolute atomic E-state index is 9.21. The Bertz CT molecular complexity index is 564. The van der Waals surface area contributed by atoms with Crippen molar-refractivity contribution >= 4 is 23.0 Å². The first-order chi connectivity index (χ1) is 8.65. The van der Waals surface area contributed by atoms with Gasteiger partial charge in [0.1, 0.15) is 5.75 Å². The lowest BCUT2D eigenvalue weighted by molar-refractivity contribution is 0.475. The average Bonchev–Trinajstić information content (AvgIpc) is 2.37. The third-order valence-electron chi connectivity index (χ3n) is 2.46. The summed E-state index contributed by atoms with van der Waals surface area (Å²) in [7, 11) is 0. The van der Waals surface area contributed by atoms with Gasteiger partial charge < -0.3 is 5.11 Å². The summed E-state index contributed by atoms with van der Waals surface area (Å²) in [6.45, 7) is 1.89. The highest BCUT2D eigenvalue weighted by atomic mass is 35.5. The summed E-state index contributed by atoms with van der Waals surface area (Å²) in [6.07, 6.45) is 0. The standard InChI is InChI=1S/C14H13ClN2O/c1-10(11-5-7-14(18)8-6-11)16-17-13-4-2-3-12(15)9-13/h2-9,17-18H,1H3. The van der Waals surface area contributed by atoms with E-state index >= 15 is 0 Å². The molecule has 18 heavy (non-hydrogen) atoms. The lowest BCUT2D eigenvalue weighted by Gasteiger charge is -2.04. The van der Waals surface area contributed by atoms with E-state index in [0.717, 1.165) is 17.0 Å². The molecule has 0 atom stereocenters. The fraction of sp³-hybridized carbons (Fsp3) is 0.0714. The van der Waals surface area contributed by atoms with E-state index in [4.69, 9.17) is 11.6 Å². The number of rotatable bonds is 3. The predicted molar refractivity (Wildman–Crippen MR) is 75.4 cm³/mol. The van der Waals surface area contributed by atoms with E-state index in [2.05, 4.69) is 10.5 Å². The van der Waals surface area contributed by atoms with E-state index in [1.807, 2.05) is 37.3 Å². The Morgan fingerprint density at radius 3 is 2.56 bits per heavy atom. The SMILES string of the molecule is CC(=NNc1cccc(Cl)c1)c1ccc(O)cc1. The smallest absolute Gasteiger partial charge is 0.115 e. The molecule has 2 N–H and O–H groups in total. The van der Waals surface area contributed by atoms with Crippen LogP contribution in [0.1, 0.15) is 12.5 Å². The van der Waals surface area contributed by atoms with E-state index < -0.39 is 0 Å². The molecule has 0 fully saturated rings. The van der Waals surface area contributed by atoms with Gasteiger partial charge in [0.05, 0.1) is 11.4 Å². The van der Waals surface area contributed by atoms with Gasteiger partial charge in [0.15, 0.2) is 0 Å². The van der Waals surface area contributed by atoms with E-state index in [-0.39, 0.29) is 5.75 Å². The molecule has 0 bridgehead atoms. The molecule has 0 spiro atoms. The van der Waals surface area contributed by atoms with Gasteiger partial charge >= 0.3 is 0 Å². The molecular formula is C14H13ClN2O. The maximum atomic E-state index is 9.21. The van der Waals surface area contributed by atoms with Gasteiger partial charge in [-0.1, -0.05) is 17.7 Å². The van der Waals surface area contributed by atoms with Crippen LogP contribution in [0.15, 0.2) is 53.6 Å². The van der Waals surface area contributed by atoms with Crippen LogP contribution in [0.3, 0.4) is 0 Å². The van der Waals surface area contributed by atoms with Crippen molar-refractivity contribution in [3.63, 3.8) is 0 Å². The second-order valence-corrected chi connectivity index (χ2v) is 4.30. The number of phenols is 1. The van der Waals surface area contributed by atoms with Crippen molar-refractivity contribution in [1.29, 1.82) is 0 Å². The van der Waals surface area contributed by atoms with Crippen molar-refractivity contribution in [3.05, 3.63) is 59.1 Å². The van der Waals surface area contributed by atoms with Crippen LogP contribution < -0.4 is 5.43 Å². The van der Waals surface area contributed by atoms with Crippen LogP contribution in [0.25, 0.3) is 0 Å². The van der Waals surface area contributed by atoms with Crippen LogP contribution in [0, 0.1) is 0 Å². The molecule has 0 aliphatic rings. The Morgan fingerprint density at radius 2 is 1.89 bits per heavy atom. The zero-order valence-electron chi connectivity index (χ0n) is 9.89. The fourth-order valence-corrected chi connectivity index (χ4v) is 1.66. The number of anilines is 1. The molecule has 0 radical (unpaired) electrons. The Labute approximate surface area is 111 Å². The molecular weight excluding hydrogens is 248 g/mol. The third kappa shape index (κ3) is 3.25. The number of hydrogen-bond donors (Lipinski definition) is 2. The topological polar surface area (TPSA) is 44.6 Å². The molecule has 3 nitrogen and oxygen atoms in total. The van der Waals surface area contributed by atoms with Gasteiger partial charge in [-0.15, -0.1) is 0 Å². The van der Waals surface area contributed by atoms with Crippen LogP contribution in [0.5, 0.6) is 5.75 Å². The monoisotopic (exact) mass is 260 g/mol. The second-order valence-electron chi connectivity index (χ2n) is 3.87. The Morgan fingerprint density at radius 1 is 1.17 bits per heavy atom. The van der Waals surface area contributed by atoms with Crippen molar-refractivity contribution < 1.29 is 5.11 Å². The van der Waals surface area contributed by atoms with E-state index in [1.165, 1.54) is 0 Å². The maximum Gasteiger partial charge on any atom is 0.115 e. The van der Waals surface area contributed by atoms with E-state index in [0.29, 0.717) is 5.02 Å². The number of nitrogens with one attached hydrogen (secondary N) is 1. The third-order valence-corrected chi connectivity index (χ3v) is 2.70. The average molecular weight is 261 g/mol. The molecule has 4 heteroatoms. The van der Waals surface area contributed by atoms with Crippen molar-refractivity contribution in [2.75, 3.05) is 5.43 Å². The summed E-state index contributed by atoms with van der Waals surface area (Å²) in [6, 6.07) is 14.2. The first-order valence-electron chi connectivity index (χ1n) is 5.50. The predicted octanol–water partition coefficient (Wildman–Crippen LogP) is 3.88. The summed E-state index contributed by atoms with van der Waals surface area (Å²) in [5.41, 5.74) is 5.55. The molecule has 0 saturated carbocycles. The number of benzene rings is 2. The summed E-state index contributed by atoms with van der Waals surface area (Å²) in [5.74, 6) is 0.245. The molecule has 92 valence electrons. The van der Waals surface area contributed by atoms with Crippen molar-refractivity contribution in [1.82, 2.24) is 0 Å². The van der Waals surface area contributed by atoms with Crippen molar-refractivity contribution in [2.45, 2.75) is 6.92 Å². The molecule has 0 aliphatic carbocycles. The van der Waals surface area contributed by atoms with Crippen molar-refractivity contribution in [3.8, 4) is 5.75 Å². The quantitative estimate of drug-likeness (QED) is 0.650. The van der Waals surface area contributed by atoms with Gasteiger partial charge in [-0.25, -0.2) is 0 Å². The largest absolute Gasteiger partial charge is 0.508 e. The minimum Gasteiger partial charge on any atom is -0.508 e. The number of hydrogen-bond acceptors (Lipinski definition) is 3. The minimum absolute atomic E-state index is 0.245. The van der Waals surface area contributed by atoms with Crippen LogP contribution >= 0.6 is 11.6 Å². The highest BCUT2D eigenvalue weighted by Gasteiger charge is 1.98. The minimum atomic E-state index is 0.245. The first kappa shape index (κ1) is 12.5. The molecule has 0 amide bonds. The lowest BCUT2D eigenvalue weighted by atomic mass is 10.1. The first-order valence-corrected chi connectivity index (χ1v) is 5.88. The molecule has 2 aromatic rings. The zero-order chi connectivity index (χ0) is 13.0. The number of hydrazone groups is 1. The summed E-state index contributed by atoms with van der Waals surface area (Å²) in [5, 5.41) is 14.1. The molecule has 0 saturated heterocycles. The second kappa shape index (κ2) is 5.56. The fourth-order valence-electron chi connectivity index (χ4n) is 1.47. The van der Waals surface area contributed by atoms with E-state index in [1.54, 1.807) is 18.2 Å². The number of nitrogens with zero attached hydrogens (tertiary/aromatic N) is 1. The highest BCUT2D eigenvalue weighted by molar-refractivity contribution is 6.30. The summed E-state index contributed by atoms with van der Waals surface area (Å²) >= 11 is 5.88. The van der Waals surface area contributed by atoms with Crippen molar-refractivity contribution in [2.24, 2.45) is 5.10 Å². The lowest BCUT2D eigenvalue weighted by Crippen LogP contribution is -1.99. The Kier molecular flexibility index (Phi) is 3.85. The van der Waals surface area contributed by atoms with Gasteiger partial charge in [-0.2, -0.15) is 5.10 Å². The van der Waals surface area contributed by atoms with E-state index in [9.17, 15) is 5.11 Å². The molecule has 0 aromatic heterocycles. The Hall–Kier alpha value is -2.00. The van der Waals surface area contributed by atoms with Crippen LogP contribution in [0.2, 0.25) is 5.02 Å². The number of halogens is 1. The molecule has 0 unspecified atom stereocenters. The Balaban J connectivity index is 2.11. The number of phenolic OH excluding ortho intramolecular Hbond substituents is 1. The van der Waals surface area contributed by atoms with Gasteiger partial charge in [0.25, 0.3) is 0 Å². The summed E-state index contributed by atoms with van der Waals surface area (Å²) < 4.78 is 0. The van der Waals surface area contributed by atoms with Gasteiger partial charge in [-0.3, -0.25) is 5.43 Å². The molecule has 2 rings (SSSR count). The van der Waals surface area contributed by atoms with Crippen LogP contribution in [-0.4, -0.2) is 10.8 Å². The van der Waals surface area contributed by atoms with Crippen LogP contribution in [-0.2, 0) is 0 Å². The normalized spacial score (nSPS) is 11.3. The van der Waals surface area contributed by atoms with Gasteiger partial charge in [-0.05, 0) is 55.0 Å². The molecule has 0 aliphatic heterocycles. The molecule has 0 heterocycles. The zero-order valence-corrected chi connectivity index (χ0v) is 10.6. The molecule has 2 aromatic carbocycles. The van der Waals surface area contributed by atoms with Gasteiger partial charge in [0, 0.05) is 5.02 Å². The van der Waals surface area contributed by atoms with Gasteiger partial charge in [0.2, 0.25) is 0 Å².